The second kappa shape index (κ2) is 8.19. The molecule has 0 aromatic heterocycles. The first kappa shape index (κ1) is 17.0. The molecule has 8 heteroatoms. The Bertz CT molecular complexity index is 269. The Hall–Kier alpha value is -0.963. The van der Waals surface area contributed by atoms with Crippen LogP contribution in [0, 0.1) is 0 Å². The lowest BCUT2D eigenvalue weighted by molar-refractivity contribution is -0.149. The molecule has 0 aliphatic rings. The standard InChI is InChI=1S/C10H20O7Si/c1-5-6-17-9(11)7-8(10(12)13)18(14-2,15-3)16-4/h8H,5-7H2,1-4H3,(H,12,13). The van der Waals surface area contributed by atoms with Crippen molar-refractivity contribution in [2.45, 2.75) is 25.3 Å². The zero-order valence-electron chi connectivity index (χ0n) is 11.1. The van der Waals surface area contributed by atoms with Crippen molar-refractivity contribution in [2.75, 3.05) is 27.9 Å². The summed E-state index contributed by atoms with van der Waals surface area (Å²) < 4.78 is 20.1. The molecule has 0 aliphatic carbocycles. The van der Waals surface area contributed by atoms with Crippen molar-refractivity contribution in [2.24, 2.45) is 0 Å². The van der Waals surface area contributed by atoms with E-state index in [1.165, 1.54) is 21.3 Å². The van der Waals surface area contributed by atoms with Crippen molar-refractivity contribution in [3.63, 3.8) is 0 Å². The molecule has 7 nitrogen and oxygen atoms in total. The van der Waals surface area contributed by atoms with Gasteiger partial charge in [0.15, 0.2) is 0 Å². The average Bonchev–Trinajstić information content (AvgIpc) is 2.37. The van der Waals surface area contributed by atoms with E-state index in [4.69, 9.17) is 23.1 Å². The van der Waals surface area contributed by atoms with E-state index in [9.17, 15) is 9.59 Å². The van der Waals surface area contributed by atoms with Crippen LogP contribution in [0.3, 0.4) is 0 Å². The van der Waals surface area contributed by atoms with Gasteiger partial charge in [-0.2, -0.15) is 0 Å². The summed E-state index contributed by atoms with van der Waals surface area (Å²) in [4.78, 5) is 22.7. The van der Waals surface area contributed by atoms with Crippen LogP contribution in [0.2, 0.25) is 5.54 Å². The fraction of sp³-hybridized carbons (Fsp3) is 0.800. The van der Waals surface area contributed by atoms with E-state index in [1.807, 2.05) is 6.92 Å². The molecule has 1 unspecified atom stereocenters. The number of esters is 1. The van der Waals surface area contributed by atoms with Crippen LogP contribution in [0.4, 0.5) is 0 Å². The van der Waals surface area contributed by atoms with Gasteiger partial charge in [-0.1, -0.05) is 6.92 Å². The van der Waals surface area contributed by atoms with Gasteiger partial charge in [-0.15, -0.1) is 0 Å². The first-order valence-electron chi connectivity index (χ1n) is 5.51. The summed E-state index contributed by atoms with van der Waals surface area (Å²) in [5.41, 5.74) is -1.18. The van der Waals surface area contributed by atoms with Crippen molar-refractivity contribution in [3.8, 4) is 0 Å². The van der Waals surface area contributed by atoms with Gasteiger partial charge < -0.3 is 23.1 Å². The van der Waals surface area contributed by atoms with E-state index < -0.39 is 26.3 Å². The zero-order valence-corrected chi connectivity index (χ0v) is 12.1. The Morgan fingerprint density at radius 1 is 1.17 bits per heavy atom. The molecular formula is C10H20O7Si. The summed E-state index contributed by atoms with van der Waals surface area (Å²) in [5.74, 6) is -1.81. The summed E-state index contributed by atoms with van der Waals surface area (Å²) >= 11 is 0. The highest BCUT2D eigenvalue weighted by Gasteiger charge is 2.53. The molecule has 18 heavy (non-hydrogen) atoms. The third kappa shape index (κ3) is 4.37. The Morgan fingerprint density at radius 2 is 1.67 bits per heavy atom. The lowest BCUT2D eigenvalue weighted by Gasteiger charge is -2.29. The number of ether oxygens (including phenoxy) is 1. The molecule has 0 aliphatic heterocycles. The molecule has 0 saturated carbocycles. The molecule has 0 spiro atoms. The van der Waals surface area contributed by atoms with E-state index in [0.717, 1.165) is 0 Å². The maximum absolute atomic E-state index is 11.5. The van der Waals surface area contributed by atoms with E-state index >= 15 is 0 Å². The highest BCUT2D eigenvalue weighted by molar-refractivity contribution is 6.66. The van der Waals surface area contributed by atoms with Crippen molar-refractivity contribution < 1.29 is 32.7 Å². The minimum atomic E-state index is -3.41. The number of aliphatic carboxylic acids is 1. The van der Waals surface area contributed by atoms with Gasteiger partial charge >= 0.3 is 20.7 Å². The average molecular weight is 280 g/mol. The SMILES string of the molecule is CCCOC(=O)CC(C(=O)O)[Si](OC)(OC)OC. The Kier molecular flexibility index (Phi) is 7.76. The van der Waals surface area contributed by atoms with Crippen molar-refractivity contribution in [1.29, 1.82) is 0 Å². The first-order valence-corrected chi connectivity index (χ1v) is 7.31. The number of carboxylic acid groups (broad SMARTS) is 1. The number of hydrogen-bond acceptors (Lipinski definition) is 6. The van der Waals surface area contributed by atoms with Crippen LogP contribution in [0.15, 0.2) is 0 Å². The summed E-state index contributed by atoms with van der Waals surface area (Å²) in [5, 5.41) is 9.16. The van der Waals surface area contributed by atoms with Crippen LogP contribution in [-0.2, 0) is 27.6 Å². The second-order valence-corrected chi connectivity index (χ2v) is 6.66. The van der Waals surface area contributed by atoms with Crippen LogP contribution >= 0.6 is 0 Å². The summed E-state index contributed by atoms with van der Waals surface area (Å²) in [7, 11) is 0.482. The molecule has 0 rings (SSSR count). The summed E-state index contributed by atoms with van der Waals surface area (Å²) in [6, 6.07) is 0. The van der Waals surface area contributed by atoms with Gasteiger partial charge in [0, 0.05) is 21.3 Å². The van der Waals surface area contributed by atoms with Crippen LogP contribution in [-0.4, -0.2) is 53.8 Å². The topological polar surface area (TPSA) is 91.3 Å². The highest BCUT2D eigenvalue weighted by atomic mass is 28.4. The predicted octanol–water partition coefficient (Wildman–Crippen LogP) is 0.663. The molecule has 1 atom stereocenters. The minimum absolute atomic E-state index is 0.257. The van der Waals surface area contributed by atoms with Crippen LogP contribution in [0.1, 0.15) is 19.8 Å². The number of hydrogen-bond donors (Lipinski definition) is 1. The number of carbonyl (C=O) groups is 2. The van der Waals surface area contributed by atoms with E-state index in [0.29, 0.717) is 6.42 Å². The van der Waals surface area contributed by atoms with E-state index in [2.05, 4.69) is 0 Å². The van der Waals surface area contributed by atoms with Crippen molar-refractivity contribution >= 4 is 20.7 Å². The highest BCUT2D eigenvalue weighted by Crippen LogP contribution is 2.28. The number of rotatable bonds is 9. The molecule has 0 bridgehead atoms. The molecule has 0 amide bonds. The van der Waals surface area contributed by atoms with Gasteiger partial charge in [-0.05, 0) is 6.42 Å². The Balaban J connectivity index is 4.84. The van der Waals surface area contributed by atoms with Crippen LogP contribution < -0.4 is 0 Å². The third-order valence-corrected chi connectivity index (χ3v) is 5.43. The quantitative estimate of drug-likeness (QED) is 0.490. The number of carboxylic acids is 1. The molecule has 0 fully saturated rings. The lowest BCUT2D eigenvalue weighted by atomic mass is 10.3. The van der Waals surface area contributed by atoms with Gasteiger partial charge in [0.05, 0.1) is 13.0 Å². The molecule has 0 aromatic rings. The summed E-state index contributed by atoms with van der Waals surface area (Å²) in [6.45, 7) is 2.10. The first-order chi connectivity index (χ1) is 8.47. The molecule has 0 saturated heterocycles. The Morgan fingerprint density at radius 3 is 2.00 bits per heavy atom. The molecule has 0 radical (unpaired) electrons. The third-order valence-electron chi connectivity index (χ3n) is 2.42. The molecule has 0 heterocycles. The van der Waals surface area contributed by atoms with Gasteiger partial charge in [0.2, 0.25) is 0 Å². The molecule has 106 valence electrons. The summed E-state index contributed by atoms with van der Waals surface area (Å²) in [6.07, 6.45) is 0.335. The van der Waals surface area contributed by atoms with E-state index in [-0.39, 0.29) is 13.0 Å². The minimum Gasteiger partial charge on any atom is -0.481 e. The predicted molar refractivity (Wildman–Crippen MR) is 64.0 cm³/mol. The lowest BCUT2D eigenvalue weighted by Crippen LogP contribution is -2.51. The number of carbonyl (C=O) groups excluding carboxylic acids is 1. The van der Waals surface area contributed by atoms with Gasteiger partial charge in [-0.3, -0.25) is 9.59 Å². The molecule has 1 N–H and O–H groups in total. The largest absolute Gasteiger partial charge is 0.515 e. The van der Waals surface area contributed by atoms with Crippen molar-refractivity contribution in [3.05, 3.63) is 0 Å². The second-order valence-electron chi connectivity index (χ2n) is 3.53. The zero-order chi connectivity index (χ0) is 14.2. The molecule has 0 aromatic carbocycles. The van der Waals surface area contributed by atoms with Gasteiger partial charge in [0.1, 0.15) is 5.54 Å². The maximum atomic E-state index is 11.5. The van der Waals surface area contributed by atoms with Crippen LogP contribution in [0.25, 0.3) is 0 Å². The fourth-order valence-electron chi connectivity index (χ4n) is 1.48. The van der Waals surface area contributed by atoms with Crippen molar-refractivity contribution in [1.82, 2.24) is 0 Å². The normalized spacial score (nSPS) is 13.1. The fourth-order valence-corrected chi connectivity index (χ4v) is 3.55. The smallest absolute Gasteiger partial charge is 0.481 e. The van der Waals surface area contributed by atoms with Crippen LogP contribution in [0.5, 0.6) is 0 Å². The Labute approximate surface area is 107 Å². The van der Waals surface area contributed by atoms with Gasteiger partial charge in [-0.25, -0.2) is 0 Å². The maximum Gasteiger partial charge on any atom is 0.515 e. The monoisotopic (exact) mass is 280 g/mol. The van der Waals surface area contributed by atoms with E-state index in [1.54, 1.807) is 0 Å². The van der Waals surface area contributed by atoms with Gasteiger partial charge in [0.25, 0.3) is 0 Å². The molecular weight excluding hydrogens is 260 g/mol.